The first kappa shape index (κ1) is 13.1. The van der Waals surface area contributed by atoms with Crippen LogP contribution in [0.3, 0.4) is 0 Å². The quantitative estimate of drug-likeness (QED) is 0.838. The van der Waals surface area contributed by atoms with Gasteiger partial charge in [-0.3, -0.25) is 4.90 Å². The van der Waals surface area contributed by atoms with E-state index in [4.69, 9.17) is 0 Å². The Balaban J connectivity index is 1.90. The predicted molar refractivity (Wildman–Crippen MR) is 78.3 cm³/mol. The lowest BCUT2D eigenvalue weighted by Gasteiger charge is -2.31. The fraction of sp³-hybridized carbons (Fsp3) is 0.647. The van der Waals surface area contributed by atoms with Crippen molar-refractivity contribution in [1.82, 2.24) is 4.90 Å². The smallest absolute Gasteiger partial charge is 0.106 e. The first-order chi connectivity index (χ1) is 8.91. The minimum Gasteiger partial charge on any atom is -0.383 e. The minimum absolute atomic E-state index is 0.177. The molecule has 104 valence electrons. The summed E-state index contributed by atoms with van der Waals surface area (Å²) >= 11 is 0. The highest BCUT2D eigenvalue weighted by atomic mass is 16.3. The molecule has 1 aromatic carbocycles. The zero-order valence-electron chi connectivity index (χ0n) is 12.3. The van der Waals surface area contributed by atoms with Crippen LogP contribution in [0.1, 0.15) is 51.2 Å². The van der Waals surface area contributed by atoms with Crippen LogP contribution in [0.2, 0.25) is 0 Å². The molecular weight excluding hydrogens is 234 g/mol. The van der Waals surface area contributed by atoms with E-state index >= 15 is 0 Å². The Hall–Kier alpha value is -0.860. The second kappa shape index (κ2) is 4.32. The number of hydrogen-bond acceptors (Lipinski definition) is 2. The van der Waals surface area contributed by atoms with Crippen molar-refractivity contribution in [3.63, 3.8) is 0 Å². The summed E-state index contributed by atoms with van der Waals surface area (Å²) in [5.74, 6) is 0. The Morgan fingerprint density at radius 2 is 1.84 bits per heavy atom. The van der Waals surface area contributed by atoms with Crippen molar-refractivity contribution < 1.29 is 5.11 Å². The van der Waals surface area contributed by atoms with Crippen molar-refractivity contribution in [2.24, 2.45) is 0 Å². The van der Waals surface area contributed by atoms with Gasteiger partial charge in [-0.05, 0) is 42.3 Å². The highest BCUT2D eigenvalue weighted by Gasteiger charge is 2.48. The van der Waals surface area contributed by atoms with Crippen LogP contribution >= 0.6 is 0 Å². The van der Waals surface area contributed by atoms with E-state index in [0.717, 1.165) is 31.5 Å². The minimum atomic E-state index is -0.618. The SMILES string of the molecule is CC(C)(C)c1ccc(C2(O)CCN3CCCC32)cc1. The van der Waals surface area contributed by atoms with Gasteiger partial charge in [0.05, 0.1) is 0 Å². The Morgan fingerprint density at radius 1 is 1.16 bits per heavy atom. The van der Waals surface area contributed by atoms with E-state index in [1.54, 1.807) is 0 Å². The second-order valence-electron chi connectivity index (χ2n) is 7.20. The number of aliphatic hydroxyl groups is 1. The number of nitrogens with zero attached hydrogens (tertiary/aromatic N) is 1. The number of fused-ring (bicyclic) bond motifs is 1. The standard InChI is InChI=1S/C17H25NO/c1-16(2,3)13-6-8-14(9-7-13)17(19)10-12-18-11-4-5-15(17)18/h6-9,15,19H,4-5,10-12H2,1-3H3. The maximum absolute atomic E-state index is 11.1. The van der Waals surface area contributed by atoms with Crippen molar-refractivity contribution in [2.75, 3.05) is 13.1 Å². The monoisotopic (exact) mass is 259 g/mol. The van der Waals surface area contributed by atoms with E-state index < -0.39 is 5.60 Å². The maximum atomic E-state index is 11.1. The Labute approximate surface area is 116 Å². The molecule has 0 radical (unpaired) electrons. The van der Waals surface area contributed by atoms with Crippen molar-refractivity contribution in [3.05, 3.63) is 35.4 Å². The number of hydrogen-bond donors (Lipinski definition) is 1. The fourth-order valence-corrected chi connectivity index (χ4v) is 3.71. The average Bonchev–Trinajstić information content (AvgIpc) is 2.94. The van der Waals surface area contributed by atoms with Gasteiger partial charge >= 0.3 is 0 Å². The zero-order chi connectivity index (χ0) is 13.7. The third-order valence-electron chi connectivity index (χ3n) is 4.95. The molecule has 2 saturated heterocycles. The van der Waals surface area contributed by atoms with E-state index in [-0.39, 0.29) is 5.41 Å². The van der Waals surface area contributed by atoms with Crippen LogP contribution in [-0.2, 0) is 11.0 Å². The third kappa shape index (κ3) is 2.11. The molecule has 0 amide bonds. The summed E-state index contributed by atoms with van der Waals surface area (Å²) in [5, 5.41) is 11.1. The van der Waals surface area contributed by atoms with E-state index in [1.165, 1.54) is 12.0 Å². The molecule has 3 rings (SSSR count). The second-order valence-corrected chi connectivity index (χ2v) is 7.20. The van der Waals surface area contributed by atoms with Gasteiger partial charge in [0.15, 0.2) is 0 Å². The van der Waals surface area contributed by atoms with Gasteiger partial charge in [0.25, 0.3) is 0 Å². The molecule has 1 N–H and O–H groups in total. The topological polar surface area (TPSA) is 23.5 Å². The van der Waals surface area contributed by atoms with Gasteiger partial charge in [0, 0.05) is 12.6 Å². The first-order valence-electron chi connectivity index (χ1n) is 7.49. The summed E-state index contributed by atoms with van der Waals surface area (Å²) in [7, 11) is 0. The van der Waals surface area contributed by atoms with Crippen LogP contribution in [0.15, 0.2) is 24.3 Å². The van der Waals surface area contributed by atoms with Crippen molar-refractivity contribution in [2.45, 2.75) is 57.1 Å². The number of rotatable bonds is 1. The first-order valence-corrected chi connectivity index (χ1v) is 7.49. The van der Waals surface area contributed by atoms with Crippen LogP contribution in [0.4, 0.5) is 0 Å². The molecule has 0 aromatic heterocycles. The van der Waals surface area contributed by atoms with Gasteiger partial charge in [-0.15, -0.1) is 0 Å². The Morgan fingerprint density at radius 3 is 2.47 bits per heavy atom. The van der Waals surface area contributed by atoms with E-state index in [0.29, 0.717) is 6.04 Å². The van der Waals surface area contributed by atoms with E-state index in [9.17, 15) is 5.11 Å². The maximum Gasteiger partial charge on any atom is 0.106 e. The lowest BCUT2D eigenvalue weighted by molar-refractivity contribution is 0.00935. The summed E-state index contributed by atoms with van der Waals surface area (Å²) in [6, 6.07) is 8.99. The van der Waals surface area contributed by atoms with Crippen LogP contribution < -0.4 is 0 Å². The largest absolute Gasteiger partial charge is 0.383 e. The zero-order valence-corrected chi connectivity index (χ0v) is 12.3. The molecular formula is C17H25NO. The molecule has 2 aliphatic heterocycles. The molecule has 0 saturated carbocycles. The Bertz CT molecular complexity index is 459. The number of benzene rings is 1. The molecule has 0 spiro atoms. The molecule has 2 nitrogen and oxygen atoms in total. The summed E-state index contributed by atoms with van der Waals surface area (Å²) in [6.07, 6.45) is 3.25. The molecule has 2 unspecified atom stereocenters. The lowest BCUT2D eigenvalue weighted by atomic mass is 9.82. The molecule has 0 bridgehead atoms. The van der Waals surface area contributed by atoms with Crippen LogP contribution in [0, 0.1) is 0 Å². The summed E-state index contributed by atoms with van der Waals surface area (Å²) in [6.45, 7) is 8.89. The normalized spacial score (nSPS) is 31.7. The van der Waals surface area contributed by atoms with Crippen LogP contribution in [0.25, 0.3) is 0 Å². The summed E-state index contributed by atoms with van der Waals surface area (Å²) < 4.78 is 0. The fourth-order valence-electron chi connectivity index (χ4n) is 3.71. The van der Waals surface area contributed by atoms with Crippen molar-refractivity contribution in [3.8, 4) is 0 Å². The lowest BCUT2D eigenvalue weighted by Crippen LogP contribution is -2.38. The summed E-state index contributed by atoms with van der Waals surface area (Å²) in [5.41, 5.74) is 2.00. The van der Waals surface area contributed by atoms with Crippen molar-refractivity contribution >= 4 is 0 Å². The van der Waals surface area contributed by atoms with E-state index in [2.05, 4.69) is 49.9 Å². The average molecular weight is 259 g/mol. The molecule has 2 aliphatic rings. The third-order valence-corrected chi connectivity index (χ3v) is 4.95. The molecule has 2 heterocycles. The van der Waals surface area contributed by atoms with Gasteiger partial charge in [0.1, 0.15) is 5.60 Å². The van der Waals surface area contributed by atoms with Crippen LogP contribution in [-0.4, -0.2) is 29.1 Å². The Kier molecular flexibility index (Phi) is 2.99. The van der Waals surface area contributed by atoms with Gasteiger partial charge in [-0.1, -0.05) is 45.0 Å². The molecule has 19 heavy (non-hydrogen) atoms. The van der Waals surface area contributed by atoms with Gasteiger partial charge in [-0.2, -0.15) is 0 Å². The van der Waals surface area contributed by atoms with E-state index in [1.807, 2.05) is 0 Å². The van der Waals surface area contributed by atoms with Crippen LogP contribution in [0.5, 0.6) is 0 Å². The van der Waals surface area contributed by atoms with Gasteiger partial charge in [0.2, 0.25) is 0 Å². The highest BCUT2D eigenvalue weighted by Crippen LogP contribution is 2.43. The molecule has 2 heteroatoms. The molecule has 0 aliphatic carbocycles. The van der Waals surface area contributed by atoms with Gasteiger partial charge < -0.3 is 5.11 Å². The summed E-state index contributed by atoms with van der Waals surface area (Å²) in [4.78, 5) is 2.46. The molecule has 2 atom stereocenters. The molecule has 1 aromatic rings. The van der Waals surface area contributed by atoms with Gasteiger partial charge in [-0.25, -0.2) is 0 Å². The van der Waals surface area contributed by atoms with Crippen molar-refractivity contribution in [1.29, 1.82) is 0 Å². The predicted octanol–water partition coefficient (Wildman–Crippen LogP) is 3.04. The molecule has 2 fully saturated rings. The highest BCUT2D eigenvalue weighted by molar-refractivity contribution is 5.33.